The highest BCUT2D eigenvalue weighted by Crippen LogP contribution is 2.38. The molecule has 1 unspecified atom stereocenters. The Morgan fingerprint density at radius 1 is 0.719 bits per heavy atom. The molecule has 8 N–H and O–H groups in total. The number of phenolic OH excluding ortho intramolecular Hbond substituents is 1. The summed E-state index contributed by atoms with van der Waals surface area (Å²) >= 11 is 6.77. The zero-order valence-electron chi connectivity index (χ0n) is 30.5. The number of nitrogens with two attached hydrogens (primary N) is 1. The van der Waals surface area contributed by atoms with Gasteiger partial charge in [0.05, 0.1) is 58.5 Å². The van der Waals surface area contributed by atoms with Crippen LogP contribution >= 0.6 is 31.9 Å². The van der Waals surface area contributed by atoms with Crippen molar-refractivity contribution in [2.45, 2.75) is 36.9 Å². The SMILES string of the molecule is C[NH2+]C[C@H](O)[C@@H](O)[C@H](O)C(O)CO.O=C([O-])CN(CCN(CCN(CC(=O)[O-])CC(=O)[O-])[C@@H](Cc1cc(Br)c(Oc2ccc(O)cc2)c(Br)c1)C(=O)[O-])CC(=O)[O-]. The molecule has 0 fully saturated rings. The zero-order valence-corrected chi connectivity index (χ0v) is 33.6. The van der Waals surface area contributed by atoms with Crippen molar-refractivity contribution >= 4 is 61.7 Å². The molecule has 0 saturated heterocycles. The van der Waals surface area contributed by atoms with Crippen molar-refractivity contribution in [3.63, 3.8) is 0 Å². The van der Waals surface area contributed by atoms with Crippen molar-refractivity contribution in [3.8, 4) is 17.2 Å². The van der Waals surface area contributed by atoms with Crippen molar-refractivity contribution in [3.05, 3.63) is 50.9 Å². The van der Waals surface area contributed by atoms with E-state index in [1.54, 1.807) is 24.5 Å². The van der Waals surface area contributed by atoms with Crippen LogP contribution in [0.4, 0.5) is 0 Å². The fourth-order valence-electron chi connectivity index (χ4n) is 5.11. The van der Waals surface area contributed by atoms with Crippen LogP contribution in [0.2, 0.25) is 0 Å². The summed E-state index contributed by atoms with van der Waals surface area (Å²) in [5.41, 5.74) is 0.448. The average Bonchev–Trinajstić information content (AvgIpc) is 3.11. The van der Waals surface area contributed by atoms with Crippen LogP contribution in [-0.2, 0) is 30.4 Å². The summed E-state index contributed by atoms with van der Waals surface area (Å²) in [5, 5.41) is 113. The normalized spacial score (nSPS) is 13.9. The Hall–Kier alpha value is -4.01. The largest absolute Gasteiger partial charge is 0.549 e. The van der Waals surface area contributed by atoms with Gasteiger partial charge in [-0.25, -0.2) is 0 Å². The molecule has 5 atom stereocenters. The number of nitrogens with zero attached hydrogens (tertiary/aromatic N) is 3. The molecule has 0 bridgehead atoms. The predicted molar refractivity (Wildman–Crippen MR) is 191 cm³/mol. The minimum absolute atomic E-state index is 0.0356. The Labute approximate surface area is 343 Å². The molecule has 23 heteroatoms. The van der Waals surface area contributed by atoms with Gasteiger partial charge < -0.3 is 90.2 Å². The van der Waals surface area contributed by atoms with Crippen LogP contribution in [0.25, 0.3) is 0 Å². The second kappa shape index (κ2) is 26.1. The fraction of sp³-hybridized carbons (Fsp3) is 0.500. The minimum Gasteiger partial charge on any atom is -0.549 e. The van der Waals surface area contributed by atoms with E-state index in [2.05, 4.69) is 31.9 Å². The number of phenols is 1. The molecular weight excluding hydrogens is 896 g/mol. The molecule has 0 aromatic heterocycles. The summed E-state index contributed by atoms with van der Waals surface area (Å²) in [6, 6.07) is 7.62. The summed E-state index contributed by atoms with van der Waals surface area (Å²) in [6.07, 6.45) is -5.73. The third kappa shape index (κ3) is 19.8. The van der Waals surface area contributed by atoms with Crippen LogP contribution in [0.3, 0.4) is 0 Å². The van der Waals surface area contributed by atoms with E-state index in [0.29, 0.717) is 26.0 Å². The molecule has 21 nitrogen and oxygen atoms in total. The van der Waals surface area contributed by atoms with E-state index in [1.807, 2.05) is 0 Å². The van der Waals surface area contributed by atoms with E-state index < -0.39 is 93.1 Å². The molecule has 0 amide bonds. The number of hydrogen-bond donors (Lipinski definition) is 7. The third-order valence-corrected chi connectivity index (χ3v) is 9.06. The van der Waals surface area contributed by atoms with E-state index in [4.69, 9.17) is 20.1 Å². The van der Waals surface area contributed by atoms with Crippen LogP contribution in [0.15, 0.2) is 45.3 Å². The number of ether oxygens (including phenoxy) is 1. The van der Waals surface area contributed by atoms with Gasteiger partial charge in [-0.1, -0.05) is 0 Å². The maximum atomic E-state index is 12.4. The van der Waals surface area contributed by atoms with Gasteiger partial charge in [0.1, 0.15) is 42.5 Å². The number of carboxylic acids is 5. The smallest absolute Gasteiger partial charge is 0.155 e. The quantitative estimate of drug-likeness (QED) is 0.0460. The van der Waals surface area contributed by atoms with Crippen LogP contribution in [0.5, 0.6) is 17.2 Å². The van der Waals surface area contributed by atoms with Crippen LogP contribution in [-0.4, -0.2) is 178 Å². The standard InChI is InChI=1S/C27H31Br2N3O12.C7H17NO5/c28-19-9-16(10-20(29)26(19)44-18-3-1-17(33)2-4-18)11-21(27(42)43)32(7-5-30(12-22(34)35)13-23(36)37)8-6-31(14-24(38)39)15-25(40)41;1-8-2-4(10)6(12)7(13)5(11)3-9/h1-4,9-10,21,33H,5-8,11-15H2,(H,34,35)(H,36,37)(H,38,39)(H,40,41)(H,42,43);4-13H,2-3H2,1H3/p-4/t21-;4-,5?,6+,7+/m00/s1. The molecule has 0 aliphatic carbocycles. The number of quaternary nitrogens is 1. The summed E-state index contributed by atoms with van der Waals surface area (Å²) < 4.78 is 6.68. The molecule has 0 heterocycles. The number of carbonyl (C=O) groups is 5. The lowest BCUT2D eigenvalue weighted by Crippen LogP contribution is -2.83. The Morgan fingerprint density at radius 3 is 1.51 bits per heavy atom. The number of hydrogen-bond acceptors (Lipinski definition) is 20. The molecule has 2 aromatic rings. The first-order valence-electron chi connectivity index (χ1n) is 16.9. The Kier molecular flexibility index (Phi) is 23.3. The lowest BCUT2D eigenvalue weighted by Gasteiger charge is -2.36. The molecule has 0 saturated carbocycles. The molecule has 2 aromatic carbocycles. The minimum atomic E-state index is -1.59. The number of aliphatic hydroxyl groups is 5. The third-order valence-electron chi connectivity index (χ3n) is 7.88. The van der Waals surface area contributed by atoms with Gasteiger partial charge in [-0.2, -0.15) is 0 Å². The van der Waals surface area contributed by atoms with Crippen LogP contribution < -0.4 is 35.6 Å². The lowest BCUT2D eigenvalue weighted by molar-refractivity contribution is -0.635. The number of carboxylic acid groups (broad SMARTS) is 5. The first kappa shape index (κ1) is 51.0. The average molecular weight is 941 g/mol. The summed E-state index contributed by atoms with van der Waals surface area (Å²) in [5.74, 6) is -7.17. The first-order chi connectivity index (χ1) is 26.7. The van der Waals surface area contributed by atoms with Gasteiger partial charge in [0.25, 0.3) is 0 Å². The number of aliphatic hydroxyl groups excluding tert-OH is 5. The monoisotopic (exact) mass is 938 g/mol. The van der Waals surface area contributed by atoms with Crippen LogP contribution in [0.1, 0.15) is 5.56 Å². The van der Waals surface area contributed by atoms with Gasteiger partial charge >= 0.3 is 0 Å². The fourth-order valence-corrected chi connectivity index (χ4v) is 6.55. The molecule has 57 heavy (non-hydrogen) atoms. The maximum Gasteiger partial charge on any atom is 0.155 e. The Morgan fingerprint density at radius 2 is 1.14 bits per heavy atom. The predicted octanol–water partition coefficient (Wildman–Crippen LogP) is -9.11. The van der Waals surface area contributed by atoms with E-state index >= 15 is 0 Å². The molecule has 2 rings (SSSR count). The molecule has 0 aliphatic rings. The molecule has 0 spiro atoms. The Bertz CT molecular complexity index is 1510. The summed E-state index contributed by atoms with van der Waals surface area (Å²) in [6.45, 7) is -4.74. The van der Waals surface area contributed by atoms with E-state index in [9.17, 15) is 64.8 Å². The highest BCUT2D eigenvalue weighted by Gasteiger charge is 2.30. The number of rotatable bonds is 26. The second-order valence-electron chi connectivity index (χ2n) is 12.4. The number of likely N-dealkylation sites (N-methyl/N-ethyl adjacent to an activating group) is 1. The highest BCUT2D eigenvalue weighted by atomic mass is 79.9. The number of aliphatic carboxylic acids is 5. The second-order valence-corrected chi connectivity index (χ2v) is 14.1. The zero-order chi connectivity index (χ0) is 43.4. The van der Waals surface area contributed by atoms with Gasteiger partial charge in [0, 0.05) is 52.4 Å². The number of carbonyl (C=O) groups excluding carboxylic acids is 5. The number of halogens is 2. The van der Waals surface area contributed by atoms with Crippen molar-refractivity contribution in [1.29, 1.82) is 0 Å². The molecule has 0 aliphatic heterocycles. The van der Waals surface area contributed by atoms with Gasteiger partial charge in [0.15, 0.2) is 5.75 Å². The van der Waals surface area contributed by atoms with E-state index in [1.165, 1.54) is 29.2 Å². The highest BCUT2D eigenvalue weighted by molar-refractivity contribution is 9.11. The number of aromatic hydroxyl groups is 1. The van der Waals surface area contributed by atoms with Crippen molar-refractivity contribution in [2.24, 2.45) is 0 Å². The van der Waals surface area contributed by atoms with Crippen molar-refractivity contribution in [1.82, 2.24) is 14.7 Å². The molecular formula is C34H44Br2N4O17-4. The summed E-state index contributed by atoms with van der Waals surface area (Å²) in [7, 11) is 1.70. The van der Waals surface area contributed by atoms with E-state index in [-0.39, 0.29) is 44.9 Å². The van der Waals surface area contributed by atoms with Gasteiger partial charge in [-0.3, -0.25) is 14.7 Å². The van der Waals surface area contributed by atoms with Gasteiger partial charge in [0.2, 0.25) is 0 Å². The number of benzene rings is 2. The summed E-state index contributed by atoms with van der Waals surface area (Å²) in [4.78, 5) is 60.0. The molecule has 0 radical (unpaired) electrons. The molecule has 320 valence electrons. The van der Waals surface area contributed by atoms with E-state index in [0.717, 1.165) is 9.80 Å². The van der Waals surface area contributed by atoms with Crippen molar-refractivity contribution < 1.29 is 90.2 Å². The Balaban J connectivity index is 0.00000106. The lowest BCUT2D eigenvalue weighted by atomic mass is 10.0. The first-order valence-corrected chi connectivity index (χ1v) is 18.5. The van der Waals surface area contributed by atoms with Crippen molar-refractivity contribution in [2.75, 3.05) is 72.6 Å². The van der Waals surface area contributed by atoms with Crippen LogP contribution in [0, 0.1) is 0 Å². The van der Waals surface area contributed by atoms with Gasteiger partial charge in [-0.15, -0.1) is 0 Å². The topological polar surface area (TPSA) is 358 Å². The maximum absolute atomic E-state index is 12.4. The van der Waals surface area contributed by atoms with Gasteiger partial charge in [-0.05, 0) is 80.2 Å².